The van der Waals surface area contributed by atoms with Crippen LogP contribution in [0.2, 0.25) is 5.02 Å². The second-order valence-electron chi connectivity index (χ2n) is 7.08. The van der Waals surface area contributed by atoms with E-state index < -0.39 is 4.92 Å². The van der Waals surface area contributed by atoms with E-state index in [-0.39, 0.29) is 28.4 Å². The lowest BCUT2D eigenvalue weighted by molar-refractivity contribution is -0.384. The molecule has 0 aliphatic carbocycles. The minimum atomic E-state index is -0.602. The maximum atomic E-state index is 12.9. The lowest BCUT2D eigenvalue weighted by Crippen LogP contribution is -2.41. The summed E-state index contributed by atoms with van der Waals surface area (Å²) in [6.07, 6.45) is 0.961. The molecule has 1 saturated heterocycles. The number of hydrogen-bond acceptors (Lipinski definition) is 6. The van der Waals surface area contributed by atoms with E-state index in [0.717, 1.165) is 0 Å². The molecule has 2 aromatic rings. The number of piperidine rings is 1. The second-order valence-corrected chi connectivity index (χ2v) is 7.49. The Balaban J connectivity index is 1.62. The third-order valence-electron chi connectivity index (χ3n) is 5.16. The molecule has 31 heavy (non-hydrogen) atoms. The number of methoxy groups -OCH3 is 2. The number of nitrogens with one attached hydrogen (secondary N) is 1. The first-order valence-corrected chi connectivity index (χ1v) is 9.97. The maximum absolute atomic E-state index is 12.9. The van der Waals surface area contributed by atoms with Gasteiger partial charge in [-0.15, -0.1) is 0 Å². The van der Waals surface area contributed by atoms with Crippen LogP contribution in [0.25, 0.3) is 0 Å². The number of halogens is 1. The van der Waals surface area contributed by atoms with Crippen molar-refractivity contribution in [1.82, 2.24) is 4.90 Å². The van der Waals surface area contributed by atoms with Crippen LogP contribution in [0.1, 0.15) is 23.2 Å². The van der Waals surface area contributed by atoms with Crippen molar-refractivity contribution in [3.63, 3.8) is 0 Å². The summed E-state index contributed by atoms with van der Waals surface area (Å²) in [5, 5.41) is 13.7. The fourth-order valence-corrected chi connectivity index (χ4v) is 3.62. The summed E-state index contributed by atoms with van der Waals surface area (Å²) in [5.41, 5.74) is 0.490. The third-order valence-corrected chi connectivity index (χ3v) is 5.48. The molecule has 0 radical (unpaired) electrons. The molecule has 1 heterocycles. The van der Waals surface area contributed by atoms with Crippen molar-refractivity contribution in [2.75, 3.05) is 32.6 Å². The number of anilines is 1. The number of carbonyl (C=O) groups is 2. The summed E-state index contributed by atoms with van der Waals surface area (Å²) < 4.78 is 10.4. The van der Waals surface area contributed by atoms with Crippen molar-refractivity contribution in [2.45, 2.75) is 12.8 Å². The average molecular weight is 448 g/mol. The van der Waals surface area contributed by atoms with Gasteiger partial charge < -0.3 is 19.7 Å². The van der Waals surface area contributed by atoms with Crippen molar-refractivity contribution in [3.05, 3.63) is 57.1 Å². The SMILES string of the molecule is COc1cc(OC)cc(C(=O)N2CCC(C(=O)Nc3ccc(Cl)c([N+](=O)[O-])c3)CC2)c1. The molecule has 1 aliphatic heterocycles. The highest BCUT2D eigenvalue weighted by Gasteiger charge is 2.28. The Labute approximate surface area is 184 Å². The Hall–Kier alpha value is -3.33. The van der Waals surface area contributed by atoms with Gasteiger partial charge in [0, 0.05) is 42.4 Å². The van der Waals surface area contributed by atoms with Crippen LogP contribution in [-0.2, 0) is 4.79 Å². The van der Waals surface area contributed by atoms with Crippen LogP contribution in [0, 0.1) is 16.0 Å². The van der Waals surface area contributed by atoms with Gasteiger partial charge >= 0.3 is 0 Å². The van der Waals surface area contributed by atoms with E-state index in [1.165, 1.54) is 32.4 Å². The van der Waals surface area contributed by atoms with Crippen LogP contribution in [0.15, 0.2) is 36.4 Å². The van der Waals surface area contributed by atoms with Gasteiger partial charge in [0.05, 0.1) is 19.1 Å². The Morgan fingerprint density at radius 1 is 1.10 bits per heavy atom. The molecule has 1 N–H and O–H groups in total. The summed E-state index contributed by atoms with van der Waals surface area (Å²) in [6, 6.07) is 9.11. The van der Waals surface area contributed by atoms with E-state index in [2.05, 4.69) is 5.32 Å². The number of nitrogens with zero attached hydrogens (tertiary/aromatic N) is 2. The molecular weight excluding hydrogens is 426 g/mol. The highest BCUT2D eigenvalue weighted by Crippen LogP contribution is 2.29. The van der Waals surface area contributed by atoms with Gasteiger partial charge in [-0.1, -0.05) is 11.6 Å². The highest BCUT2D eigenvalue weighted by atomic mass is 35.5. The second kappa shape index (κ2) is 9.65. The van der Waals surface area contributed by atoms with Crippen LogP contribution in [0.4, 0.5) is 11.4 Å². The maximum Gasteiger partial charge on any atom is 0.289 e. The van der Waals surface area contributed by atoms with Gasteiger partial charge in [0.2, 0.25) is 5.91 Å². The van der Waals surface area contributed by atoms with Crippen molar-refractivity contribution >= 4 is 34.8 Å². The van der Waals surface area contributed by atoms with Gasteiger partial charge in [-0.2, -0.15) is 0 Å². The molecule has 0 saturated carbocycles. The minimum absolute atomic E-state index is 0.00370. The fraction of sp³-hybridized carbons (Fsp3) is 0.333. The Bertz CT molecular complexity index is 982. The van der Waals surface area contributed by atoms with Gasteiger partial charge in [0.15, 0.2) is 0 Å². The minimum Gasteiger partial charge on any atom is -0.497 e. The zero-order valence-corrected chi connectivity index (χ0v) is 17.8. The number of benzene rings is 2. The Kier molecular flexibility index (Phi) is 6.96. The first-order valence-electron chi connectivity index (χ1n) is 9.59. The molecule has 3 rings (SSSR count). The molecule has 9 nitrogen and oxygen atoms in total. The van der Waals surface area contributed by atoms with E-state index in [1.807, 2.05) is 0 Å². The van der Waals surface area contributed by atoms with Crippen molar-refractivity contribution in [2.24, 2.45) is 5.92 Å². The number of nitro groups is 1. The summed E-state index contributed by atoms with van der Waals surface area (Å²) >= 11 is 5.80. The molecular formula is C21H22ClN3O6. The molecule has 0 atom stereocenters. The molecule has 0 unspecified atom stereocenters. The van der Waals surface area contributed by atoms with E-state index in [9.17, 15) is 19.7 Å². The zero-order valence-electron chi connectivity index (χ0n) is 17.1. The number of likely N-dealkylation sites (tertiary alicyclic amines) is 1. The molecule has 164 valence electrons. The number of ether oxygens (including phenoxy) is 2. The number of amides is 2. The van der Waals surface area contributed by atoms with Gasteiger partial charge in [-0.05, 0) is 37.1 Å². The summed E-state index contributed by atoms with van der Waals surface area (Å²) in [4.78, 5) is 37.6. The third kappa shape index (κ3) is 5.24. The number of hydrogen-bond donors (Lipinski definition) is 1. The smallest absolute Gasteiger partial charge is 0.289 e. The lowest BCUT2D eigenvalue weighted by Gasteiger charge is -2.31. The monoisotopic (exact) mass is 447 g/mol. The first-order chi connectivity index (χ1) is 14.8. The Morgan fingerprint density at radius 2 is 1.71 bits per heavy atom. The average Bonchev–Trinajstić information content (AvgIpc) is 2.79. The predicted octanol–water partition coefficient (Wildman–Crippen LogP) is 3.76. The van der Waals surface area contributed by atoms with Crippen LogP contribution < -0.4 is 14.8 Å². The topological polar surface area (TPSA) is 111 Å². The molecule has 0 bridgehead atoms. The van der Waals surface area contributed by atoms with Crippen LogP contribution in [0.3, 0.4) is 0 Å². The number of rotatable bonds is 6. The number of carbonyl (C=O) groups excluding carboxylic acids is 2. The molecule has 10 heteroatoms. The van der Waals surface area contributed by atoms with Crippen molar-refractivity contribution < 1.29 is 24.0 Å². The summed E-state index contributed by atoms with van der Waals surface area (Å²) in [5.74, 6) is 0.331. The molecule has 2 amide bonds. The van der Waals surface area contributed by atoms with Crippen LogP contribution in [0.5, 0.6) is 11.5 Å². The highest BCUT2D eigenvalue weighted by molar-refractivity contribution is 6.32. The van der Waals surface area contributed by atoms with Crippen LogP contribution >= 0.6 is 11.6 Å². The fourth-order valence-electron chi connectivity index (χ4n) is 3.43. The normalized spacial score (nSPS) is 14.1. The van der Waals surface area contributed by atoms with Crippen molar-refractivity contribution in [1.29, 1.82) is 0 Å². The van der Waals surface area contributed by atoms with E-state index in [0.29, 0.717) is 48.7 Å². The van der Waals surface area contributed by atoms with E-state index in [1.54, 1.807) is 23.1 Å². The predicted molar refractivity (Wildman–Crippen MR) is 115 cm³/mol. The Morgan fingerprint density at radius 3 is 2.26 bits per heavy atom. The van der Waals surface area contributed by atoms with Crippen molar-refractivity contribution in [3.8, 4) is 11.5 Å². The quantitative estimate of drug-likeness (QED) is 0.533. The standard InChI is InChI=1S/C21H22ClN3O6/c1-30-16-9-14(10-17(12-16)31-2)21(27)24-7-5-13(6-8-24)20(26)23-15-3-4-18(22)19(11-15)25(28)29/h3-4,9-13H,5-8H2,1-2H3,(H,23,26). The molecule has 0 spiro atoms. The lowest BCUT2D eigenvalue weighted by atomic mass is 9.95. The molecule has 2 aromatic carbocycles. The largest absolute Gasteiger partial charge is 0.497 e. The number of nitro benzene ring substituents is 1. The summed E-state index contributed by atoms with van der Waals surface area (Å²) in [7, 11) is 3.03. The molecule has 1 fully saturated rings. The van der Waals surface area contributed by atoms with Gasteiger partial charge in [0.25, 0.3) is 11.6 Å². The zero-order chi connectivity index (χ0) is 22.5. The first kappa shape index (κ1) is 22.4. The molecule has 0 aromatic heterocycles. The van der Waals surface area contributed by atoms with E-state index in [4.69, 9.17) is 21.1 Å². The summed E-state index contributed by atoms with van der Waals surface area (Å²) in [6.45, 7) is 0.828. The van der Waals surface area contributed by atoms with Gasteiger partial charge in [0.1, 0.15) is 16.5 Å². The van der Waals surface area contributed by atoms with E-state index >= 15 is 0 Å². The van der Waals surface area contributed by atoms with Gasteiger partial charge in [-0.25, -0.2) is 0 Å². The van der Waals surface area contributed by atoms with Gasteiger partial charge in [-0.3, -0.25) is 19.7 Å². The molecule has 1 aliphatic rings. The van der Waals surface area contributed by atoms with Crippen LogP contribution in [-0.4, -0.2) is 48.9 Å².